The third-order valence-corrected chi connectivity index (χ3v) is 10.8. The summed E-state index contributed by atoms with van der Waals surface area (Å²) in [5.41, 5.74) is 0.489. The number of amides is 1. The molecule has 3 heterocycles. The summed E-state index contributed by atoms with van der Waals surface area (Å²) in [7, 11) is -7.09. The van der Waals surface area contributed by atoms with Gasteiger partial charge in [-0.3, -0.25) is 4.79 Å². The number of nitrogens with one attached hydrogen (secondary N) is 1. The molecule has 0 spiro atoms. The Balaban J connectivity index is 1.41. The minimum atomic E-state index is -3.59. The quantitative estimate of drug-likeness (QED) is 0.680. The van der Waals surface area contributed by atoms with Gasteiger partial charge in [0.2, 0.25) is 15.9 Å². The fourth-order valence-electron chi connectivity index (χ4n) is 3.94. The van der Waals surface area contributed by atoms with Crippen LogP contribution in [0, 0.1) is 5.92 Å². The molecule has 1 aromatic carbocycles. The normalized spacial score (nSPS) is 21.2. The van der Waals surface area contributed by atoms with E-state index in [2.05, 4.69) is 5.32 Å². The first-order valence-electron chi connectivity index (χ1n) is 10.2. The van der Waals surface area contributed by atoms with E-state index < -0.39 is 26.0 Å². The van der Waals surface area contributed by atoms with Gasteiger partial charge in [-0.15, -0.1) is 11.3 Å². The Bertz CT molecular complexity index is 1120. The maximum atomic E-state index is 12.8. The van der Waals surface area contributed by atoms with Crippen molar-refractivity contribution in [2.75, 3.05) is 31.5 Å². The van der Waals surface area contributed by atoms with E-state index in [9.17, 15) is 21.6 Å². The fraction of sp³-hybridized carbons (Fsp3) is 0.450. The van der Waals surface area contributed by atoms with E-state index in [0.29, 0.717) is 38.2 Å². The van der Waals surface area contributed by atoms with Gasteiger partial charge in [-0.25, -0.2) is 16.8 Å². The zero-order chi connectivity index (χ0) is 22.1. The second-order valence-corrected chi connectivity index (χ2v) is 12.8. The first-order chi connectivity index (χ1) is 14.8. The second kappa shape index (κ2) is 8.99. The van der Waals surface area contributed by atoms with E-state index in [1.807, 2.05) is 0 Å². The number of anilines is 1. The average molecular weight is 484 g/mol. The molecule has 168 valence electrons. The highest BCUT2D eigenvalue weighted by molar-refractivity contribution is 7.91. The first kappa shape index (κ1) is 22.4. The van der Waals surface area contributed by atoms with Crippen molar-refractivity contribution in [3.8, 4) is 0 Å². The summed E-state index contributed by atoms with van der Waals surface area (Å²) in [6, 6.07) is 9.41. The highest BCUT2D eigenvalue weighted by atomic mass is 32.2. The Morgan fingerprint density at radius 1 is 0.903 bits per heavy atom. The lowest BCUT2D eigenvalue weighted by molar-refractivity contribution is -0.120. The lowest BCUT2D eigenvalue weighted by atomic mass is 9.99. The number of benzene rings is 1. The van der Waals surface area contributed by atoms with Crippen LogP contribution in [0.2, 0.25) is 0 Å². The number of nitrogens with zero attached hydrogens (tertiary/aromatic N) is 2. The third kappa shape index (κ3) is 4.70. The van der Waals surface area contributed by atoms with Gasteiger partial charge < -0.3 is 5.32 Å². The van der Waals surface area contributed by atoms with Gasteiger partial charge >= 0.3 is 0 Å². The topological polar surface area (TPSA) is 104 Å². The van der Waals surface area contributed by atoms with Crippen LogP contribution in [-0.4, -0.2) is 57.5 Å². The van der Waals surface area contributed by atoms with Crippen molar-refractivity contribution in [3.63, 3.8) is 0 Å². The maximum absolute atomic E-state index is 12.8. The number of rotatable bonds is 6. The molecule has 1 N–H and O–H groups in total. The molecular weight excluding hydrogens is 458 g/mol. The van der Waals surface area contributed by atoms with Gasteiger partial charge in [0.25, 0.3) is 10.0 Å². The summed E-state index contributed by atoms with van der Waals surface area (Å²) in [4.78, 5) is 13.0. The molecule has 2 aliphatic rings. The summed E-state index contributed by atoms with van der Waals surface area (Å²) in [5, 5.41) is 4.52. The molecule has 2 aliphatic heterocycles. The SMILES string of the molecule is O=C(Nc1ccc(S(=O)(=O)N2CCCC2)cc1)[C@H]1CCCN(S(=O)(=O)c2cccs2)C1. The Hall–Kier alpha value is -1.79. The monoisotopic (exact) mass is 483 g/mol. The molecule has 0 bridgehead atoms. The predicted molar refractivity (Wildman–Crippen MR) is 119 cm³/mol. The average Bonchev–Trinajstić information content (AvgIpc) is 3.49. The molecule has 1 atom stereocenters. The summed E-state index contributed by atoms with van der Waals surface area (Å²) in [6.45, 7) is 1.60. The molecule has 0 saturated carbocycles. The van der Waals surface area contributed by atoms with Crippen molar-refractivity contribution in [1.82, 2.24) is 8.61 Å². The van der Waals surface area contributed by atoms with Gasteiger partial charge in [0, 0.05) is 31.9 Å². The Morgan fingerprint density at radius 3 is 2.23 bits per heavy atom. The van der Waals surface area contributed by atoms with Gasteiger partial charge in [-0.05, 0) is 61.4 Å². The molecule has 0 radical (unpaired) electrons. The molecule has 4 rings (SSSR count). The summed E-state index contributed by atoms with van der Waals surface area (Å²) < 4.78 is 53.9. The van der Waals surface area contributed by atoms with Crippen LogP contribution in [0.4, 0.5) is 5.69 Å². The van der Waals surface area contributed by atoms with E-state index in [-0.39, 0.29) is 21.6 Å². The van der Waals surface area contributed by atoms with Crippen molar-refractivity contribution in [2.24, 2.45) is 5.92 Å². The molecule has 0 aliphatic carbocycles. The Labute approximate surface area is 187 Å². The summed E-state index contributed by atoms with van der Waals surface area (Å²) in [5.74, 6) is -0.724. The lowest BCUT2D eigenvalue weighted by Gasteiger charge is -2.30. The number of sulfonamides is 2. The highest BCUT2D eigenvalue weighted by Gasteiger charge is 2.34. The molecular formula is C20H25N3O5S3. The van der Waals surface area contributed by atoms with Crippen LogP contribution in [0.1, 0.15) is 25.7 Å². The van der Waals surface area contributed by atoms with E-state index >= 15 is 0 Å². The zero-order valence-corrected chi connectivity index (χ0v) is 19.4. The van der Waals surface area contributed by atoms with Crippen LogP contribution >= 0.6 is 11.3 Å². The summed E-state index contributed by atoms with van der Waals surface area (Å²) in [6.07, 6.45) is 2.95. The van der Waals surface area contributed by atoms with E-state index in [1.165, 1.54) is 32.1 Å². The third-order valence-electron chi connectivity index (χ3n) is 5.67. The predicted octanol–water partition coefficient (Wildman–Crippen LogP) is 2.57. The Morgan fingerprint density at radius 2 is 1.58 bits per heavy atom. The Kier molecular flexibility index (Phi) is 6.50. The molecule has 31 heavy (non-hydrogen) atoms. The van der Waals surface area contributed by atoms with Crippen molar-refractivity contribution in [3.05, 3.63) is 41.8 Å². The standard InChI is InChI=1S/C20H25N3O5S3/c24-20(16-5-3-13-23(15-16)31(27,28)19-6-4-14-29-19)21-17-7-9-18(10-8-17)30(25,26)22-11-1-2-12-22/h4,6-10,14,16H,1-3,5,11-13,15H2,(H,21,24)/t16-/m0/s1. The number of piperidine rings is 1. The van der Waals surface area contributed by atoms with Crippen LogP contribution in [0.5, 0.6) is 0 Å². The van der Waals surface area contributed by atoms with Gasteiger partial charge in [-0.2, -0.15) is 8.61 Å². The molecule has 1 aromatic heterocycles. The van der Waals surface area contributed by atoms with Crippen molar-refractivity contribution in [1.29, 1.82) is 0 Å². The molecule has 2 aromatic rings. The smallest absolute Gasteiger partial charge is 0.252 e. The van der Waals surface area contributed by atoms with Crippen LogP contribution in [0.3, 0.4) is 0 Å². The van der Waals surface area contributed by atoms with Crippen LogP contribution in [0.25, 0.3) is 0 Å². The van der Waals surface area contributed by atoms with Crippen LogP contribution < -0.4 is 5.32 Å². The largest absolute Gasteiger partial charge is 0.326 e. The molecule has 11 heteroatoms. The first-order valence-corrected chi connectivity index (χ1v) is 14.0. The van der Waals surface area contributed by atoms with Crippen molar-refractivity contribution < 1.29 is 21.6 Å². The molecule has 1 amide bonds. The minimum Gasteiger partial charge on any atom is -0.326 e. The fourth-order valence-corrected chi connectivity index (χ4v) is 8.13. The lowest BCUT2D eigenvalue weighted by Crippen LogP contribution is -2.43. The molecule has 0 unspecified atom stereocenters. The second-order valence-electron chi connectivity index (χ2n) is 7.76. The van der Waals surface area contributed by atoms with Crippen molar-refractivity contribution in [2.45, 2.75) is 34.8 Å². The molecule has 2 fully saturated rings. The number of carbonyl (C=O) groups is 1. The number of hydrogen-bond donors (Lipinski definition) is 1. The number of thiophene rings is 1. The summed E-state index contributed by atoms with van der Waals surface area (Å²) >= 11 is 1.17. The number of carbonyl (C=O) groups excluding carboxylic acids is 1. The maximum Gasteiger partial charge on any atom is 0.252 e. The number of hydrogen-bond acceptors (Lipinski definition) is 6. The van der Waals surface area contributed by atoms with E-state index in [1.54, 1.807) is 29.6 Å². The minimum absolute atomic E-state index is 0.132. The van der Waals surface area contributed by atoms with Gasteiger partial charge in [0.05, 0.1) is 10.8 Å². The van der Waals surface area contributed by atoms with Crippen molar-refractivity contribution >= 4 is 43.0 Å². The molecule has 2 saturated heterocycles. The highest BCUT2D eigenvalue weighted by Crippen LogP contribution is 2.27. The van der Waals surface area contributed by atoms with Gasteiger partial charge in [0.15, 0.2) is 0 Å². The van der Waals surface area contributed by atoms with Gasteiger partial charge in [0.1, 0.15) is 4.21 Å². The van der Waals surface area contributed by atoms with E-state index in [4.69, 9.17) is 0 Å². The van der Waals surface area contributed by atoms with Gasteiger partial charge in [-0.1, -0.05) is 6.07 Å². The van der Waals surface area contributed by atoms with Crippen LogP contribution in [-0.2, 0) is 24.8 Å². The van der Waals surface area contributed by atoms with E-state index in [0.717, 1.165) is 12.8 Å². The van der Waals surface area contributed by atoms with Crippen LogP contribution in [0.15, 0.2) is 50.9 Å². The zero-order valence-electron chi connectivity index (χ0n) is 16.9. The molecule has 8 nitrogen and oxygen atoms in total.